The summed E-state index contributed by atoms with van der Waals surface area (Å²) in [6, 6.07) is 11.4. The highest BCUT2D eigenvalue weighted by Gasteiger charge is 2.20. The van der Waals surface area contributed by atoms with E-state index in [-0.39, 0.29) is 0 Å². The monoisotopic (exact) mass is 281 g/mol. The van der Waals surface area contributed by atoms with E-state index in [1.807, 2.05) is 0 Å². The predicted octanol–water partition coefficient (Wildman–Crippen LogP) is 5.77. The maximum Gasteiger partial charge on any atom is 0.0908 e. The second kappa shape index (κ2) is 8.67. The first kappa shape index (κ1) is 15.8. The van der Waals surface area contributed by atoms with Crippen LogP contribution in [0.3, 0.4) is 0 Å². The molecule has 0 unspecified atom stereocenters. The van der Waals surface area contributed by atoms with Gasteiger partial charge < -0.3 is 0 Å². The van der Waals surface area contributed by atoms with Gasteiger partial charge in [0.1, 0.15) is 0 Å². The van der Waals surface area contributed by atoms with E-state index in [1.54, 1.807) is 6.08 Å². The normalized spacial score (nSPS) is 22.3. The minimum atomic E-state index is 0.620. The molecule has 1 aromatic rings. The average molecular weight is 281 g/mol. The standard InChI is InChI=1S/C20H27N/c1-2-3-4-6-17-8-12-19(13-9-17)20-14-10-18(11-15-20)7-5-16-21/h5,7-9,12-13,18,20H,2-4,6,10-11,14-15H2,1H3/t18-,20-. The van der Waals surface area contributed by atoms with Gasteiger partial charge in [0.05, 0.1) is 6.07 Å². The zero-order valence-corrected chi connectivity index (χ0v) is 13.2. The van der Waals surface area contributed by atoms with Crippen LogP contribution in [0.2, 0.25) is 0 Å². The van der Waals surface area contributed by atoms with Crippen LogP contribution in [0.25, 0.3) is 0 Å². The fourth-order valence-electron chi connectivity index (χ4n) is 3.36. The highest BCUT2D eigenvalue weighted by atomic mass is 14.3. The quantitative estimate of drug-likeness (QED) is 0.479. The Morgan fingerprint density at radius 2 is 1.81 bits per heavy atom. The summed E-state index contributed by atoms with van der Waals surface area (Å²) in [4.78, 5) is 0. The topological polar surface area (TPSA) is 23.8 Å². The van der Waals surface area contributed by atoms with Crippen LogP contribution in [0.4, 0.5) is 0 Å². The third kappa shape index (κ3) is 5.05. The van der Waals surface area contributed by atoms with Gasteiger partial charge >= 0.3 is 0 Å². The predicted molar refractivity (Wildman–Crippen MR) is 89.1 cm³/mol. The van der Waals surface area contributed by atoms with Crippen LogP contribution in [0.5, 0.6) is 0 Å². The molecule has 1 aromatic carbocycles. The molecule has 0 heterocycles. The molecule has 0 saturated heterocycles. The van der Waals surface area contributed by atoms with Gasteiger partial charge in [0.15, 0.2) is 0 Å². The molecule has 0 aromatic heterocycles. The van der Waals surface area contributed by atoms with E-state index >= 15 is 0 Å². The van der Waals surface area contributed by atoms with Crippen LogP contribution in [0.1, 0.15) is 68.9 Å². The molecule has 1 aliphatic rings. The van der Waals surface area contributed by atoms with E-state index in [1.165, 1.54) is 62.5 Å². The molecule has 0 N–H and O–H groups in total. The Hall–Kier alpha value is -1.55. The van der Waals surface area contributed by atoms with Crippen LogP contribution < -0.4 is 0 Å². The van der Waals surface area contributed by atoms with E-state index in [2.05, 4.69) is 43.3 Å². The molecule has 0 radical (unpaired) electrons. The molecule has 1 saturated carbocycles. The van der Waals surface area contributed by atoms with Crippen molar-refractivity contribution in [2.45, 2.75) is 64.2 Å². The second-order valence-corrected chi connectivity index (χ2v) is 6.30. The summed E-state index contributed by atoms with van der Waals surface area (Å²) in [6.45, 7) is 2.26. The van der Waals surface area contributed by atoms with Gasteiger partial charge in [-0.3, -0.25) is 0 Å². The van der Waals surface area contributed by atoms with Crippen LogP contribution in [0.15, 0.2) is 36.4 Å². The molecule has 0 aliphatic heterocycles. The highest BCUT2D eigenvalue weighted by Crippen LogP contribution is 2.36. The summed E-state index contributed by atoms with van der Waals surface area (Å²) >= 11 is 0. The zero-order chi connectivity index (χ0) is 14.9. The Morgan fingerprint density at radius 1 is 1.10 bits per heavy atom. The third-order valence-electron chi connectivity index (χ3n) is 4.73. The summed E-state index contributed by atoms with van der Waals surface area (Å²) < 4.78 is 0. The fourth-order valence-corrected chi connectivity index (χ4v) is 3.36. The third-order valence-corrected chi connectivity index (χ3v) is 4.73. The smallest absolute Gasteiger partial charge is 0.0908 e. The second-order valence-electron chi connectivity index (χ2n) is 6.30. The molecular weight excluding hydrogens is 254 g/mol. The Balaban J connectivity index is 1.83. The van der Waals surface area contributed by atoms with Gasteiger partial charge in [0, 0.05) is 6.08 Å². The largest absolute Gasteiger partial charge is 0.193 e. The van der Waals surface area contributed by atoms with Crippen LogP contribution in [0, 0.1) is 17.2 Å². The average Bonchev–Trinajstić information content (AvgIpc) is 2.54. The van der Waals surface area contributed by atoms with Crippen molar-refractivity contribution in [2.75, 3.05) is 0 Å². The van der Waals surface area contributed by atoms with Crippen molar-refractivity contribution >= 4 is 0 Å². The molecule has 21 heavy (non-hydrogen) atoms. The van der Waals surface area contributed by atoms with E-state index in [0.29, 0.717) is 5.92 Å². The summed E-state index contributed by atoms with van der Waals surface area (Å²) in [7, 11) is 0. The molecule has 2 rings (SSSR count). The lowest BCUT2D eigenvalue weighted by atomic mass is 9.78. The van der Waals surface area contributed by atoms with E-state index < -0.39 is 0 Å². The molecule has 1 nitrogen and oxygen atoms in total. The number of hydrogen-bond donors (Lipinski definition) is 0. The maximum absolute atomic E-state index is 8.59. The van der Waals surface area contributed by atoms with E-state index in [4.69, 9.17) is 5.26 Å². The maximum atomic E-state index is 8.59. The van der Waals surface area contributed by atoms with E-state index in [9.17, 15) is 0 Å². The highest BCUT2D eigenvalue weighted by molar-refractivity contribution is 5.26. The summed E-state index contributed by atoms with van der Waals surface area (Å²) in [5.41, 5.74) is 3.00. The van der Waals surface area contributed by atoms with Gasteiger partial charge in [-0.2, -0.15) is 5.26 Å². The van der Waals surface area contributed by atoms with Gasteiger partial charge in [-0.25, -0.2) is 0 Å². The molecular formula is C20H27N. The minimum absolute atomic E-state index is 0.620. The first-order valence-corrected chi connectivity index (χ1v) is 8.48. The summed E-state index contributed by atoms with van der Waals surface area (Å²) in [5, 5.41) is 8.59. The number of rotatable bonds is 6. The molecule has 0 bridgehead atoms. The van der Waals surface area contributed by atoms with Gasteiger partial charge in [0.25, 0.3) is 0 Å². The summed E-state index contributed by atoms with van der Waals surface area (Å²) in [6.07, 6.45) is 13.9. The molecule has 0 amide bonds. The van der Waals surface area contributed by atoms with Crippen molar-refractivity contribution in [1.82, 2.24) is 0 Å². The zero-order valence-electron chi connectivity index (χ0n) is 13.2. The number of nitriles is 1. The number of unbranched alkanes of at least 4 members (excludes halogenated alkanes) is 2. The van der Waals surface area contributed by atoms with Gasteiger partial charge in [-0.05, 0) is 61.5 Å². The van der Waals surface area contributed by atoms with Gasteiger partial charge in [-0.1, -0.05) is 50.1 Å². The number of allylic oxidation sites excluding steroid dienone is 2. The Morgan fingerprint density at radius 3 is 2.43 bits per heavy atom. The minimum Gasteiger partial charge on any atom is -0.193 e. The van der Waals surface area contributed by atoms with Crippen molar-refractivity contribution in [3.8, 4) is 6.07 Å². The molecule has 1 aliphatic carbocycles. The molecule has 112 valence electrons. The van der Waals surface area contributed by atoms with Gasteiger partial charge in [0.2, 0.25) is 0 Å². The lowest BCUT2D eigenvalue weighted by molar-refractivity contribution is 0.376. The van der Waals surface area contributed by atoms with Crippen molar-refractivity contribution in [2.24, 2.45) is 5.92 Å². The van der Waals surface area contributed by atoms with Crippen molar-refractivity contribution in [1.29, 1.82) is 5.26 Å². The number of aryl methyl sites for hydroxylation is 1. The van der Waals surface area contributed by atoms with E-state index in [0.717, 1.165) is 5.92 Å². The lowest BCUT2D eigenvalue weighted by Gasteiger charge is -2.27. The van der Waals surface area contributed by atoms with Gasteiger partial charge in [-0.15, -0.1) is 0 Å². The van der Waals surface area contributed by atoms with Crippen LogP contribution >= 0.6 is 0 Å². The number of nitrogens with zero attached hydrogens (tertiary/aromatic N) is 1. The Kier molecular flexibility index (Phi) is 6.54. The number of benzene rings is 1. The molecule has 1 heteroatoms. The Labute approximate surface area is 129 Å². The van der Waals surface area contributed by atoms with Crippen molar-refractivity contribution in [3.05, 3.63) is 47.5 Å². The van der Waals surface area contributed by atoms with Crippen molar-refractivity contribution < 1.29 is 0 Å². The SMILES string of the molecule is CCCCCc1ccc([C@H]2CC[C@H](C=CC#N)CC2)cc1. The van der Waals surface area contributed by atoms with Crippen LogP contribution in [-0.2, 0) is 6.42 Å². The first-order valence-electron chi connectivity index (χ1n) is 8.48. The summed E-state index contributed by atoms with van der Waals surface area (Å²) in [5.74, 6) is 1.34. The molecule has 0 spiro atoms. The fraction of sp³-hybridized carbons (Fsp3) is 0.550. The lowest BCUT2D eigenvalue weighted by Crippen LogP contribution is -2.11. The van der Waals surface area contributed by atoms with Crippen LogP contribution in [-0.4, -0.2) is 0 Å². The molecule has 0 atom stereocenters. The van der Waals surface area contributed by atoms with Crippen molar-refractivity contribution in [3.63, 3.8) is 0 Å². The Bertz CT molecular complexity index is 470. The number of hydrogen-bond acceptors (Lipinski definition) is 1. The molecule has 1 fully saturated rings. The first-order chi connectivity index (χ1) is 10.3.